The van der Waals surface area contributed by atoms with Crippen molar-refractivity contribution < 1.29 is 48.2 Å². The first-order valence-electron chi connectivity index (χ1n) is 17.3. The molecular formula is C36H50N6O10. The number of aliphatic carboxylic acids is 1. The van der Waals surface area contributed by atoms with E-state index in [4.69, 9.17) is 19.7 Å². The number of aliphatic hydroxyl groups excluding tert-OH is 1. The SMILES string of the molecule is CC1=C/[C@@H](O)C/C(=N/OCC(=O)N[C@@H](CCCCN)C(=O)O)Cc2nc(co2)C(=O)N2CCC=C2C(=O)O[C@H](C(C)C)[C@H](C)/C=C\C(=O)NC/C=C\1. The predicted molar refractivity (Wildman–Crippen MR) is 189 cm³/mol. The lowest BCUT2D eigenvalue weighted by Crippen LogP contribution is -2.42. The van der Waals surface area contributed by atoms with Gasteiger partial charge in [-0.15, -0.1) is 0 Å². The second kappa shape index (κ2) is 20.7. The Morgan fingerprint density at radius 2 is 2.00 bits per heavy atom. The van der Waals surface area contributed by atoms with Gasteiger partial charge in [-0.05, 0) is 51.1 Å². The highest BCUT2D eigenvalue weighted by molar-refractivity contribution is 6.00. The van der Waals surface area contributed by atoms with Gasteiger partial charge in [-0.1, -0.05) is 61.9 Å². The van der Waals surface area contributed by atoms with Gasteiger partial charge in [0.25, 0.3) is 11.8 Å². The largest absolute Gasteiger partial charge is 0.480 e. The maximum atomic E-state index is 13.5. The first-order chi connectivity index (χ1) is 24.8. The van der Waals surface area contributed by atoms with Gasteiger partial charge < -0.3 is 45.5 Å². The molecule has 16 heteroatoms. The third kappa shape index (κ3) is 13.2. The number of carboxylic acid groups (broad SMARTS) is 1. The van der Waals surface area contributed by atoms with Gasteiger partial charge in [0.15, 0.2) is 12.3 Å². The number of allylic oxidation sites excluding steroid dienone is 2. The predicted octanol–water partition coefficient (Wildman–Crippen LogP) is 2.16. The third-order valence-electron chi connectivity index (χ3n) is 8.18. The molecule has 3 rings (SSSR count). The molecule has 1 aromatic heterocycles. The number of carboxylic acids is 1. The standard InChI is InChI=1S/C36H50N6O10/c1-22(2)33-24(4)12-13-30(44)38-15-7-9-23(3)17-26(43)18-25(41-51-21-31(45)39-27(35(47)48)10-5-6-14-37)19-32-40-28(20-50-32)34(46)42-16-8-11-29(42)36(49)52-33/h7,9,11-13,17,20,22,24,26-27,33,43H,5-6,8,10,14-16,18-19,21,37H2,1-4H3,(H,38,44)(H,39,45)(H,47,48)/b9-7-,13-12-,23-17-,41-25-/t24-,26-,27+,33-/m1/s1. The van der Waals surface area contributed by atoms with Gasteiger partial charge in [-0.3, -0.25) is 14.4 Å². The van der Waals surface area contributed by atoms with E-state index in [0.717, 1.165) is 6.26 Å². The van der Waals surface area contributed by atoms with Gasteiger partial charge in [0, 0.05) is 25.4 Å². The van der Waals surface area contributed by atoms with Crippen molar-refractivity contribution in [2.45, 2.75) is 84.5 Å². The molecule has 0 spiro atoms. The number of hydrogen-bond donors (Lipinski definition) is 5. The zero-order valence-electron chi connectivity index (χ0n) is 30.1. The van der Waals surface area contributed by atoms with Gasteiger partial charge in [0.1, 0.15) is 24.1 Å². The third-order valence-corrected chi connectivity index (χ3v) is 8.18. The molecule has 0 aromatic carbocycles. The van der Waals surface area contributed by atoms with Crippen molar-refractivity contribution in [1.82, 2.24) is 20.5 Å². The summed E-state index contributed by atoms with van der Waals surface area (Å²) in [5.74, 6) is -3.87. The van der Waals surface area contributed by atoms with E-state index in [2.05, 4.69) is 20.8 Å². The topological polar surface area (TPSA) is 236 Å². The quantitative estimate of drug-likeness (QED) is 0.133. The molecule has 0 fully saturated rings. The minimum atomic E-state index is -1.19. The van der Waals surface area contributed by atoms with Gasteiger partial charge in [-0.2, -0.15) is 0 Å². The molecular weight excluding hydrogens is 676 g/mol. The average molecular weight is 727 g/mol. The van der Waals surface area contributed by atoms with Gasteiger partial charge in [-0.25, -0.2) is 14.6 Å². The molecule has 0 aliphatic carbocycles. The van der Waals surface area contributed by atoms with Gasteiger partial charge in [0.2, 0.25) is 11.8 Å². The summed E-state index contributed by atoms with van der Waals surface area (Å²) in [5, 5.41) is 29.5. The second-order valence-corrected chi connectivity index (χ2v) is 13.0. The van der Waals surface area contributed by atoms with Crippen LogP contribution in [0.2, 0.25) is 0 Å². The summed E-state index contributed by atoms with van der Waals surface area (Å²) < 4.78 is 11.4. The van der Waals surface area contributed by atoms with Crippen LogP contribution in [-0.2, 0) is 35.2 Å². The smallest absolute Gasteiger partial charge is 0.355 e. The number of hydrogen-bond acceptors (Lipinski definition) is 12. The van der Waals surface area contributed by atoms with Crippen molar-refractivity contribution in [3.63, 3.8) is 0 Å². The number of nitrogens with zero attached hydrogens (tertiary/aromatic N) is 3. The zero-order valence-corrected chi connectivity index (χ0v) is 30.1. The van der Waals surface area contributed by atoms with E-state index < -0.39 is 48.6 Å². The number of ether oxygens (including phenoxy) is 1. The van der Waals surface area contributed by atoms with E-state index in [-0.39, 0.29) is 73.1 Å². The van der Waals surface area contributed by atoms with Crippen LogP contribution < -0.4 is 16.4 Å². The van der Waals surface area contributed by atoms with Crippen molar-refractivity contribution in [2.24, 2.45) is 22.7 Å². The Morgan fingerprint density at radius 3 is 2.71 bits per heavy atom. The summed E-state index contributed by atoms with van der Waals surface area (Å²) in [6.45, 7) is 7.61. The van der Waals surface area contributed by atoms with Crippen LogP contribution in [0.5, 0.6) is 0 Å². The number of carbonyl (C=O) groups excluding carboxylic acids is 4. The van der Waals surface area contributed by atoms with Crippen molar-refractivity contribution in [2.75, 3.05) is 26.2 Å². The minimum Gasteiger partial charge on any atom is -0.480 e. The normalized spacial score (nSPS) is 24.5. The summed E-state index contributed by atoms with van der Waals surface area (Å²) in [6.07, 6.45) is 10.7. The summed E-state index contributed by atoms with van der Waals surface area (Å²) in [6, 6.07) is -1.12. The molecule has 6 N–H and O–H groups in total. The molecule has 3 heterocycles. The van der Waals surface area contributed by atoms with E-state index in [1.165, 1.54) is 11.0 Å². The van der Waals surface area contributed by atoms with Crippen molar-refractivity contribution in [3.05, 3.63) is 65.6 Å². The molecule has 1 aromatic rings. The molecule has 0 radical (unpaired) electrons. The molecule has 3 amide bonds. The molecule has 4 atom stereocenters. The Kier molecular flexibility index (Phi) is 16.4. The van der Waals surface area contributed by atoms with Crippen LogP contribution in [0.15, 0.2) is 63.6 Å². The fraction of sp³-hybridized carbons (Fsp3) is 0.528. The Labute approximate surface area is 302 Å². The first-order valence-corrected chi connectivity index (χ1v) is 17.3. The number of cyclic esters (lactones) is 1. The van der Waals surface area contributed by atoms with E-state index >= 15 is 0 Å². The van der Waals surface area contributed by atoms with E-state index in [0.29, 0.717) is 31.4 Å². The highest BCUT2D eigenvalue weighted by Crippen LogP contribution is 2.24. The molecule has 0 unspecified atom stereocenters. The Bertz CT molecular complexity index is 1580. The summed E-state index contributed by atoms with van der Waals surface area (Å²) >= 11 is 0. The van der Waals surface area contributed by atoms with Crippen LogP contribution in [0.25, 0.3) is 0 Å². The average Bonchev–Trinajstić information content (AvgIpc) is 3.77. The number of oxime groups is 1. The fourth-order valence-electron chi connectivity index (χ4n) is 5.58. The Hall–Kier alpha value is -5.09. The van der Waals surface area contributed by atoms with E-state index in [9.17, 15) is 34.2 Å². The number of fused-ring (bicyclic) bond motifs is 3. The lowest BCUT2D eigenvalue weighted by molar-refractivity contribution is -0.150. The van der Waals surface area contributed by atoms with Gasteiger partial charge >= 0.3 is 11.9 Å². The van der Waals surface area contributed by atoms with Crippen LogP contribution >= 0.6 is 0 Å². The lowest BCUT2D eigenvalue weighted by Gasteiger charge is -2.27. The van der Waals surface area contributed by atoms with Crippen LogP contribution in [0, 0.1) is 11.8 Å². The highest BCUT2D eigenvalue weighted by atomic mass is 16.6. The fourth-order valence-corrected chi connectivity index (χ4v) is 5.58. The number of esters is 1. The highest BCUT2D eigenvalue weighted by Gasteiger charge is 2.33. The lowest BCUT2D eigenvalue weighted by atomic mass is 9.94. The molecule has 16 nitrogen and oxygen atoms in total. The number of carbonyl (C=O) groups is 5. The van der Waals surface area contributed by atoms with Crippen LogP contribution in [0.3, 0.4) is 0 Å². The number of amides is 3. The molecule has 52 heavy (non-hydrogen) atoms. The first kappa shape index (κ1) is 41.3. The number of aromatic nitrogens is 1. The number of rotatable bonds is 10. The number of oxazole rings is 1. The van der Waals surface area contributed by atoms with Gasteiger partial charge in [0.05, 0.1) is 18.2 Å². The molecule has 2 aliphatic rings. The second-order valence-electron chi connectivity index (χ2n) is 13.0. The number of nitrogens with two attached hydrogens (primary N) is 1. The van der Waals surface area contributed by atoms with Crippen LogP contribution in [0.4, 0.5) is 0 Å². The Balaban J connectivity index is 1.86. The monoisotopic (exact) mass is 726 g/mol. The number of unbranched alkanes of at least 4 members (excludes halogenated alkanes) is 1. The maximum absolute atomic E-state index is 13.5. The zero-order chi connectivity index (χ0) is 38.2. The number of aliphatic hydroxyl groups is 1. The molecule has 2 bridgehead atoms. The summed E-state index contributed by atoms with van der Waals surface area (Å²) in [5.41, 5.74) is 6.35. The van der Waals surface area contributed by atoms with Crippen molar-refractivity contribution >= 4 is 35.4 Å². The van der Waals surface area contributed by atoms with Crippen molar-refractivity contribution in [1.29, 1.82) is 0 Å². The van der Waals surface area contributed by atoms with Crippen molar-refractivity contribution in [3.8, 4) is 0 Å². The minimum absolute atomic E-state index is 0.0516. The molecule has 284 valence electrons. The molecule has 0 saturated carbocycles. The number of nitrogens with one attached hydrogen (secondary N) is 2. The van der Waals surface area contributed by atoms with E-state index in [1.54, 1.807) is 37.3 Å². The van der Waals surface area contributed by atoms with E-state index in [1.807, 2.05) is 20.8 Å². The molecule has 2 aliphatic heterocycles. The molecule has 0 saturated heterocycles. The summed E-state index contributed by atoms with van der Waals surface area (Å²) in [7, 11) is 0. The maximum Gasteiger partial charge on any atom is 0.355 e. The van der Waals surface area contributed by atoms with Crippen LogP contribution in [0.1, 0.15) is 76.2 Å². The summed E-state index contributed by atoms with van der Waals surface area (Å²) in [4.78, 5) is 74.2. The Morgan fingerprint density at radius 1 is 1.23 bits per heavy atom. The van der Waals surface area contributed by atoms with Crippen LogP contribution in [-0.4, -0.2) is 100.0 Å².